The first kappa shape index (κ1) is 24.3. The van der Waals surface area contributed by atoms with E-state index in [1.807, 2.05) is 53.1 Å². The maximum Gasteiger partial charge on any atom is 0.330 e. The molecule has 0 spiro atoms. The summed E-state index contributed by atoms with van der Waals surface area (Å²) in [5, 5.41) is 11.5. The van der Waals surface area contributed by atoms with Gasteiger partial charge in [-0.05, 0) is 34.0 Å². The number of ether oxygens (including phenoxy) is 1. The monoisotopic (exact) mass is 500 g/mol. The van der Waals surface area contributed by atoms with Crippen molar-refractivity contribution in [2.24, 2.45) is 0 Å². The Kier molecular flexibility index (Phi) is 7.04. The SMILES string of the molecule is CCCCc1nc2[nH]c(=O)n(CCOC)c(=O)c2n1Cc1ccc(-c2ccccc2-n2cnnn2)cc1. The lowest BCUT2D eigenvalue weighted by molar-refractivity contribution is 0.185. The number of tetrazole rings is 1. The third kappa shape index (κ3) is 4.85. The van der Waals surface area contributed by atoms with E-state index in [9.17, 15) is 9.59 Å². The van der Waals surface area contributed by atoms with Crippen LogP contribution >= 0.6 is 0 Å². The van der Waals surface area contributed by atoms with Crippen LogP contribution in [0.5, 0.6) is 0 Å². The molecule has 1 N–H and O–H groups in total. The Balaban J connectivity index is 1.53. The minimum Gasteiger partial charge on any atom is -0.383 e. The van der Waals surface area contributed by atoms with Crippen LogP contribution in [0.25, 0.3) is 28.0 Å². The fraction of sp³-hybridized carbons (Fsp3) is 0.308. The molecule has 5 rings (SSSR count). The van der Waals surface area contributed by atoms with E-state index in [1.165, 1.54) is 11.7 Å². The fourth-order valence-corrected chi connectivity index (χ4v) is 4.44. The van der Waals surface area contributed by atoms with Gasteiger partial charge in [-0.15, -0.1) is 5.10 Å². The highest BCUT2D eigenvalue weighted by atomic mass is 16.5. The van der Waals surface area contributed by atoms with Gasteiger partial charge in [0.2, 0.25) is 0 Å². The number of methoxy groups -OCH3 is 1. The minimum atomic E-state index is -0.480. The van der Waals surface area contributed by atoms with Gasteiger partial charge in [-0.25, -0.2) is 9.78 Å². The topological polar surface area (TPSA) is 126 Å². The Morgan fingerprint density at radius 2 is 1.84 bits per heavy atom. The van der Waals surface area contributed by atoms with E-state index in [-0.39, 0.29) is 18.7 Å². The quantitative estimate of drug-likeness (QED) is 0.312. The van der Waals surface area contributed by atoms with Crippen molar-refractivity contribution in [3.05, 3.63) is 87.1 Å². The molecule has 0 aliphatic heterocycles. The van der Waals surface area contributed by atoms with E-state index < -0.39 is 5.69 Å². The van der Waals surface area contributed by atoms with Crippen molar-refractivity contribution in [1.29, 1.82) is 0 Å². The molecule has 5 aromatic rings. The van der Waals surface area contributed by atoms with Crippen LogP contribution in [0.15, 0.2) is 64.4 Å². The Hall–Kier alpha value is -4.38. The predicted octanol–water partition coefficient (Wildman–Crippen LogP) is 2.57. The summed E-state index contributed by atoms with van der Waals surface area (Å²) >= 11 is 0. The summed E-state index contributed by atoms with van der Waals surface area (Å²) in [4.78, 5) is 33.3. The highest BCUT2D eigenvalue weighted by Crippen LogP contribution is 2.27. The molecule has 37 heavy (non-hydrogen) atoms. The van der Waals surface area contributed by atoms with Gasteiger partial charge in [0.05, 0.1) is 18.8 Å². The maximum atomic E-state index is 13.4. The molecule has 2 aromatic carbocycles. The predicted molar refractivity (Wildman–Crippen MR) is 139 cm³/mol. The van der Waals surface area contributed by atoms with Gasteiger partial charge in [0, 0.05) is 25.6 Å². The number of aromatic nitrogens is 8. The van der Waals surface area contributed by atoms with Gasteiger partial charge in [0.25, 0.3) is 5.56 Å². The second-order valence-corrected chi connectivity index (χ2v) is 8.76. The number of nitrogens with one attached hydrogen (secondary N) is 1. The summed E-state index contributed by atoms with van der Waals surface area (Å²) in [6.45, 7) is 3.00. The first-order valence-corrected chi connectivity index (χ1v) is 12.2. The number of nitrogens with zero attached hydrogens (tertiary/aromatic N) is 7. The second-order valence-electron chi connectivity index (χ2n) is 8.76. The van der Waals surface area contributed by atoms with Crippen LogP contribution < -0.4 is 11.2 Å². The highest BCUT2D eigenvalue weighted by molar-refractivity contribution is 5.73. The lowest BCUT2D eigenvalue weighted by Gasteiger charge is -2.12. The number of hydrogen-bond donors (Lipinski definition) is 1. The molecule has 3 aromatic heterocycles. The van der Waals surface area contributed by atoms with E-state index in [4.69, 9.17) is 4.74 Å². The van der Waals surface area contributed by atoms with Crippen LogP contribution in [0.4, 0.5) is 0 Å². The molecule has 0 unspecified atom stereocenters. The smallest absolute Gasteiger partial charge is 0.330 e. The maximum absolute atomic E-state index is 13.4. The first-order valence-electron chi connectivity index (χ1n) is 12.2. The zero-order valence-electron chi connectivity index (χ0n) is 20.8. The van der Waals surface area contributed by atoms with Crippen molar-refractivity contribution in [2.75, 3.05) is 13.7 Å². The number of hydrogen-bond acceptors (Lipinski definition) is 7. The van der Waals surface area contributed by atoms with E-state index in [2.05, 4.69) is 32.4 Å². The van der Waals surface area contributed by atoms with Crippen molar-refractivity contribution >= 4 is 11.2 Å². The molecular weight excluding hydrogens is 472 g/mol. The van der Waals surface area contributed by atoms with E-state index in [1.54, 1.807) is 11.0 Å². The Bertz CT molecular complexity index is 1610. The number of H-pyrrole nitrogens is 1. The number of imidazole rings is 1. The molecule has 0 amide bonds. The van der Waals surface area contributed by atoms with E-state index in [0.29, 0.717) is 24.1 Å². The van der Waals surface area contributed by atoms with Gasteiger partial charge < -0.3 is 9.30 Å². The van der Waals surface area contributed by atoms with Crippen molar-refractivity contribution in [3.63, 3.8) is 0 Å². The number of fused-ring (bicyclic) bond motifs is 1. The van der Waals surface area contributed by atoms with Gasteiger partial charge in [-0.2, -0.15) is 4.68 Å². The summed E-state index contributed by atoms with van der Waals surface area (Å²) < 4.78 is 9.82. The Morgan fingerprint density at radius 1 is 1.03 bits per heavy atom. The minimum absolute atomic E-state index is 0.172. The average Bonchev–Trinajstić information content (AvgIpc) is 3.56. The molecule has 0 aliphatic rings. The van der Waals surface area contributed by atoms with E-state index >= 15 is 0 Å². The molecule has 0 fully saturated rings. The molecule has 11 heteroatoms. The van der Waals surface area contributed by atoms with Crippen LogP contribution in [0.2, 0.25) is 0 Å². The zero-order valence-corrected chi connectivity index (χ0v) is 20.8. The summed E-state index contributed by atoms with van der Waals surface area (Å²) in [6.07, 6.45) is 4.20. The molecule has 190 valence electrons. The summed E-state index contributed by atoms with van der Waals surface area (Å²) in [5.74, 6) is 0.780. The fourth-order valence-electron chi connectivity index (χ4n) is 4.44. The summed E-state index contributed by atoms with van der Waals surface area (Å²) in [7, 11) is 1.54. The first-order chi connectivity index (χ1) is 18.1. The van der Waals surface area contributed by atoms with Gasteiger partial charge in [-0.3, -0.25) is 14.3 Å². The average molecular weight is 501 g/mol. The Morgan fingerprint density at radius 3 is 2.57 bits per heavy atom. The summed E-state index contributed by atoms with van der Waals surface area (Å²) in [5.41, 5.74) is 3.78. The van der Waals surface area contributed by atoms with Gasteiger partial charge in [0.15, 0.2) is 11.2 Å². The van der Waals surface area contributed by atoms with Crippen molar-refractivity contribution in [3.8, 4) is 16.8 Å². The molecule has 0 saturated carbocycles. The molecular formula is C26H28N8O3. The number of para-hydroxylation sites is 1. The largest absolute Gasteiger partial charge is 0.383 e. The van der Waals surface area contributed by atoms with Crippen LogP contribution in [0.3, 0.4) is 0 Å². The van der Waals surface area contributed by atoms with Crippen LogP contribution in [-0.4, -0.2) is 53.0 Å². The van der Waals surface area contributed by atoms with Crippen molar-refractivity contribution in [1.82, 2.24) is 39.3 Å². The van der Waals surface area contributed by atoms with Gasteiger partial charge in [0.1, 0.15) is 12.2 Å². The summed E-state index contributed by atoms with van der Waals surface area (Å²) in [6, 6.07) is 16.1. The lowest BCUT2D eigenvalue weighted by Crippen LogP contribution is -2.37. The number of rotatable bonds is 10. The highest BCUT2D eigenvalue weighted by Gasteiger charge is 2.18. The van der Waals surface area contributed by atoms with Crippen molar-refractivity contribution < 1.29 is 4.74 Å². The molecule has 11 nitrogen and oxygen atoms in total. The third-order valence-corrected chi connectivity index (χ3v) is 6.34. The van der Waals surface area contributed by atoms with Crippen molar-refractivity contribution in [2.45, 2.75) is 39.3 Å². The van der Waals surface area contributed by atoms with Crippen LogP contribution in [-0.2, 0) is 24.2 Å². The van der Waals surface area contributed by atoms with Gasteiger partial charge >= 0.3 is 5.69 Å². The number of benzene rings is 2. The third-order valence-electron chi connectivity index (χ3n) is 6.34. The number of aryl methyl sites for hydroxylation is 1. The zero-order chi connectivity index (χ0) is 25.8. The molecule has 0 radical (unpaired) electrons. The molecule has 0 bridgehead atoms. The Labute approximate surface area is 212 Å². The molecule has 0 saturated heterocycles. The molecule has 3 heterocycles. The second kappa shape index (κ2) is 10.7. The number of unbranched alkanes of at least 4 members (excludes halogenated alkanes) is 1. The van der Waals surface area contributed by atoms with Crippen LogP contribution in [0, 0.1) is 0 Å². The molecule has 0 atom stereocenters. The number of aromatic amines is 1. The van der Waals surface area contributed by atoms with Gasteiger partial charge in [-0.1, -0.05) is 55.8 Å². The van der Waals surface area contributed by atoms with Crippen LogP contribution in [0.1, 0.15) is 31.2 Å². The normalized spacial score (nSPS) is 11.4. The van der Waals surface area contributed by atoms with E-state index in [0.717, 1.165) is 41.0 Å². The molecule has 0 aliphatic carbocycles. The standard InChI is InChI=1S/C26H28N8O3/c1-3-4-9-22-28-24-23(25(35)32(14-15-37-2)26(36)29-24)33(22)16-18-10-12-19(13-11-18)20-7-5-6-8-21(20)34-17-27-30-31-34/h5-8,10-13,17H,3-4,9,14-16H2,1-2H3,(H,29,36). The lowest BCUT2D eigenvalue weighted by atomic mass is 10.0.